The molecule has 0 amide bonds. The third kappa shape index (κ3) is 3.80. The van der Waals surface area contributed by atoms with Gasteiger partial charge in [0.2, 0.25) is 17.4 Å². The molecule has 4 aliphatic rings. The minimum Gasteiger partial charge on any atom is -0.420 e. The number of rotatable bonds is 5. The molecule has 4 bridgehead atoms. The van der Waals surface area contributed by atoms with Gasteiger partial charge in [0.25, 0.3) is 10.1 Å². The van der Waals surface area contributed by atoms with E-state index in [1.54, 1.807) is 0 Å². The highest BCUT2D eigenvalue weighted by Gasteiger charge is 2.63. The number of hydrogen-bond acceptors (Lipinski definition) is 7. The number of esters is 1. The highest BCUT2D eigenvalue weighted by atomic mass is 32.2. The number of hydrogen-bond donors (Lipinski definition) is 1. The zero-order chi connectivity index (χ0) is 23.9. The van der Waals surface area contributed by atoms with Crippen LogP contribution in [0.15, 0.2) is 4.90 Å². The van der Waals surface area contributed by atoms with E-state index in [0.717, 1.165) is 6.26 Å². The fourth-order valence-corrected chi connectivity index (χ4v) is 7.41. The smallest absolute Gasteiger partial charge is 0.317 e. The van der Waals surface area contributed by atoms with Crippen LogP contribution in [0.25, 0.3) is 0 Å². The van der Waals surface area contributed by atoms with Gasteiger partial charge >= 0.3 is 16.1 Å². The summed E-state index contributed by atoms with van der Waals surface area (Å²) in [6, 6.07) is 0. The van der Waals surface area contributed by atoms with Crippen molar-refractivity contribution < 1.29 is 52.7 Å². The molecule has 0 aromatic heterocycles. The molecule has 14 heteroatoms. The lowest BCUT2D eigenvalue weighted by molar-refractivity contribution is -0.182. The van der Waals surface area contributed by atoms with Gasteiger partial charge in [0.15, 0.2) is 16.5 Å². The Balaban J connectivity index is 1.71. The molecule has 1 N–H and O–H groups in total. The lowest BCUT2D eigenvalue weighted by atomic mass is 9.48. The summed E-state index contributed by atoms with van der Waals surface area (Å²) in [6.45, 7) is 0. The fraction of sp³-hybridized carbons (Fsp3) is 0.611. The van der Waals surface area contributed by atoms with Gasteiger partial charge in [-0.1, -0.05) is 0 Å². The van der Waals surface area contributed by atoms with Crippen LogP contribution in [0.3, 0.4) is 0 Å². The Bertz CT molecular complexity index is 1180. The van der Waals surface area contributed by atoms with Crippen molar-refractivity contribution in [3.05, 3.63) is 23.3 Å². The highest BCUT2D eigenvalue weighted by molar-refractivity contribution is 7.86. The van der Waals surface area contributed by atoms with Crippen LogP contribution in [0.1, 0.15) is 38.5 Å². The van der Waals surface area contributed by atoms with Gasteiger partial charge in [0.05, 0.1) is 17.3 Å². The summed E-state index contributed by atoms with van der Waals surface area (Å²) in [4.78, 5) is 10.8. The minimum atomic E-state index is -5.66. The van der Waals surface area contributed by atoms with E-state index in [4.69, 9.17) is 13.5 Å². The van der Waals surface area contributed by atoms with E-state index in [0.29, 0.717) is 19.3 Å². The van der Waals surface area contributed by atoms with Crippen LogP contribution in [-0.2, 0) is 29.2 Å². The molecule has 0 spiro atoms. The second kappa shape index (κ2) is 7.11. The zero-order valence-electron chi connectivity index (χ0n) is 16.5. The fourth-order valence-electron chi connectivity index (χ4n) is 5.94. The van der Waals surface area contributed by atoms with E-state index in [1.165, 1.54) is 0 Å². The van der Waals surface area contributed by atoms with Crippen molar-refractivity contribution in [2.45, 2.75) is 49.0 Å². The molecule has 4 saturated carbocycles. The van der Waals surface area contributed by atoms with E-state index in [-0.39, 0.29) is 31.1 Å². The SMILES string of the molecule is CS(=O)(=O)OC12CC3CC(C1)CC(C(=O)Oc1c(F)c(F)c(S(=O)(=O)O)c(F)c1F)(C3)C2. The van der Waals surface area contributed by atoms with Gasteiger partial charge in [0, 0.05) is 0 Å². The molecule has 0 saturated heterocycles. The molecule has 0 heterocycles. The Hall–Kier alpha value is -1.77. The van der Waals surface area contributed by atoms with Crippen LogP contribution in [0.2, 0.25) is 0 Å². The summed E-state index contributed by atoms with van der Waals surface area (Å²) >= 11 is 0. The molecule has 8 nitrogen and oxygen atoms in total. The number of carbonyl (C=O) groups is 1. The maximum Gasteiger partial charge on any atom is 0.317 e. The largest absolute Gasteiger partial charge is 0.420 e. The van der Waals surface area contributed by atoms with Crippen molar-refractivity contribution in [1.82, 2.24) is 0 Å². The first-order valence-electron chi connectivity index (χ1n) is 9.52. The van der Waals surface area contributed by atoms with Crippen molar-refractivity contribution in [2.24, 2.45) is 17.3 Å². The van der Waals surface area contributed by atoms with E-state index < -0.39 is 71.1 Å². The second-order valence-corrected chi connectivity index (χ2v) is 11.9. The number of benzene rings is 1. The molecule has 2 unspecified atom stereocenters. The topological polar surface area (TPSA) is 124 Å². The Kier molecular flexibility index (Phi) is 5.20. The lowest BCUT2D eigenvalue weighted by Gasteiger charge is -2.59. The molecular weight excluding hydrogens is 484 g/mol. The van der Waals surface area contributed by atoms with Crippen LogP contribution < -0.4 is 4.74 Å². The van der Waals surface area contributed by atoms with Crippen molar-refractivity contribution in [3.63, 3.8) is 0 Å². The summed E-state index contributed by atoms with van der Waals surface area (Å²) in [6.07, 6.45) is 2.56. The number of halogens is 4. The minimum absolute atomic E-state index is 0.129. The predicted molar refractivity (Wildman–Crippen MR) is 97.5 cm³/mol. The molecule has 32 heavy (non-hydrogen) atoms. The van der Waals surface area contributed by atoms with Crippen LogP contribution in [-0.4, -0.2) is 39.2 Å². The maximum absolute atomic E-state index is 14.3. The summed E-state index contributed by atoms with van der Waals surface area (Å²) < 4.78 is 121. The first-order chi connectivity index (χ1) is 14.6. The van der Waals surface area contributed by atoms with Crippen LogP contribution in [0.5, 0.6) is 5.75 Å². The Morgan fingerprint density at radius 1 is 0.938 bits per heavy atom. The molecule has 178 valence electrons. The molecule has 2 atom stereocenters. The molecule has 1 aromatic carbocycles. The highest BCUT2D eigenvalue weighted by Crippen LogP contribution is 2.63. The van der Waals surface area contributed by atoms with E-state index in [1.807, 2.05) is 0 Å². The van der Waals surface area contributed by atoms with Crippen molar-refractivity contribution >= 4 is 26.2 Å². The normalized spacial score (nSPS) is 31.7. The summed E-state index contributed by atoms with van der Waals surface area (Å²) in [5.74, 6) is -12.8. The predicted octanol–water partition coefficient (Wildman–Crippen LogP) is 2.71. The van der Waals surface area contributed by atoms with Crippen LogP contribution >= 0.6 is 0 Å². The molecule has 1 aromatic rings. The standard InChI is InChI=1S/C18H18F4O8S2/c1-31(24,25)30-18-5-8-2-9(6-18)4-17(3-8,7-18)16(23)29-14-10(19)12(21)15(32(26,27)28)13(22)11(14)20/h8-9H,2-7H2,1H3,(H,26,27,28). The Morgan fingerprint density at radius 2 is 1.44 bits per heavy atom. The number of carbonyl (C=O) groups excluding carboxylic acids is 1. The van der Waals surface area contributed by atoms with Crippen molar-refractivity contribution in [2.75, 3.05) is 6.26 Å². The lowest BCUT2D eigenvalue weighted by Crippen LogP contribution is -2.60. The summed E-state index contributed by atoms with van der Waals surface area (Å²) in [5.41, 5.74) is -2.60. The van der Waals surface area contributed by atoms with E-state index in [9.17, 15) is 39.2 Å². The molecule has 0 aliphatic heterocycles. The van der Waals surface area contributed by atoms with Crippen LogP contribution in [0.4, 0.5) is 17.6 Å². The van der Waals surface area contributed by atoms with Gasteiger partial charge in [-0.05, 0) is 50.4 Å². The summed E-state index contributed by atoms with van der Waals surface area (Å²) in [7, 11) is -9.55. The van der Waals surface area contributed by atoms with Gasteiger partial charge < -0.3 is 4.74 Å². The molecule has 5 rings (SSSR count). The molecule has 4 fully saturated rings. The van der Waals surface area contributed by atoms with Gasteiger partial charge in [-0.25, -0.2) is 8.78 Å². The Labute approximate surface area is 180 Å². The van der Waals surface area contributed by atoms with Gasteiger partial charge in [-0.15, -0.1) is 0 Å². The molecule has 4 aliphatic carbocycles. The monoisotopic (exact) mass is 502 g/mol. The van der Waals surface area contributed by atoms with Crippen molar-refractivity contribution in [3.8, 4) is 5.75 Å². The first kappa shape index (κ1) is 23.4. The third-order valence-electron chi connectivity index (χ3n) is 6.40. The second-order valence-electron chi connectivity index (χ2n) is 8.99. The zero-order valence-corrected chi connectivity index (χ0v) is 18.2. The number of ether oxygens (including phenoxy) is 1. The summed E-state index contributed by atoms with van der Waals surface area (Å²) in [5, 5.41) is 0. The van der Waals surface area contributed by atoms with Gasteiger partial charge in [-0.3, -0.25) is 13.5 Å². The molecular formula is C18H18F4O8S2. The average molecular weight is 502 g/mol. The van der Waals surface area contributed by atoms with Crippen molar-refractivity contribution in [1.29, 1.82) is 0 Å². The third-order valence-corrected chi connectivity index (χ3v) is 7.93. The van der Waals surface area contributed by atoms with E-state index in [2.05, 4.69) is 0 Å². The van der Waals surface area contributed by atoms with Gasteiger partial charge in [-0.2, -0.15) is 25.6 Å². The first-order valence-corrected chi connectivity index (χ1v) is 12.8. The maximum atomic E-state index is 14.3. The quantitative estimate of drug-likeness (QED) is 0.163. The Morgan fingerprint density at radius 3 is 1.88 bits per heavy atom. The molecule has 0 radical (unpaired) electrons. The van der Waals surface area contributed by atoms with E-state index >= 15 is 0 Å². The van der Waals surface area contributed by atoms with Gasteiger partial charge in [0.1, 0.15) is 0 Å². The average Bonchev–Trinajstić information content (AvgIpc) is 2.59. The van der Waals surface area contributed by atoms with Crippen LogP contribution in [0, 0.1) is 40.5 Å².